The molecule has 0 bridgehead atoms. The lowest BCUT2D eigenvalue weighted by atomic mass is 9.94. The number of fused-ring (bicyclic) bond motifs is 1. The maximum Gasteiger partial charge on any atom is 0.309 e. The minimum absolute atomic E-state index is 0.355. The molecule has 1 N–H and O–H groups in total. The van der Waals surface area contributed by atoms with Gasteiger partial charge in [0.2, 0.25) is 0 Å². The molecule has 0 saturated carbocycles. The number of rotatable bonds is 8. The predicted molar refractivity (Wildman–Crippen MR) is 160 cm³/mol. The van der Waals surface area contributed by atoms with Crippen molar-refractivity contribution in [3.8, 4) is 17.0 Å². The number of aromatic nitrogens is 1. The van der Waals surface area contributed by atoms with Crippen molar-refractivity contribution in [1.82, 2.24) is 9.88 Å². The molecule has 8 nitrogen and oxygen atoms in total. The summed E-state index contributed by atoms with van der Waals surface area (Å²) in [6.45, 7) is 9.88. The average Bonchev–Trinajstić information content (AvgIpc) is 3.33. The monoisotopic (exact) mass is 577 g/mol. The van der Waals surface area contributed by atoms with Gasteiger partial charge in [0.1, 0.15) is 12.4 Å². The smallest absolute Gasteiger partial charge is 0.309 e. The first-order chi connectivity index (χ1) is 19.9. The van der Waals surface area contributed by atoms with Crippen LogP contribution in [-0.2, 0) is 33.7 Å². The number of nitrogens with zero attached hydrogens (tertiary/aromatic N) is 3. The highest BCUT2D eigenvalue weighted by Crippen LogP contribution is 2.37. The molecule has 6 rings (SSSR count). The molecular formula is C32H39N3O5S. The number of carboxylic acids is 1. The van der Waals surface area contributed by atoms with Gasteiger partial charge in [-0.25, -0.2) is 4.98 Å². The Morgan fingerprint density at radius 2 is 1.98 bits per heavy atom. The molecule has 3 aliphatic rings. The Bertz CT molecular complexity index is 1400. The molecule has 218 valence electrons. The van der Waals surface area contributed by atoms with E-state index in [4.69, 9.17) is 19.2 Å². The molecule has 0 radical (unpaired) electrons. The van der Waals surface area contributed by atoms with E-state index < -0.39 is 11.9 Å². The van der Waals surface area contributed by atoms with Gasteiger partial charge in [0, 0.05) is 44.2 Å². The highest BCUT2D eigenvalue weighted by atomic mass is 32.1. The Morgan fingerprint density at radius 1 is 1.15 bits per heavy atom. The van der Waals surface area contributed by atoms with Crippen LogP contribution in [0.25, 0.3) is 11.3 Å². The number of para-hydroxylation sites is 1. The number of piperidine rings is 1. The first kappa shape index (κ1) is 28.2. The van der Waals surface area contributed by atoms with Crippen LogP contribution in [0.1, 0.15) is 34.2 Å². The lowest BCUT2D eigenvalue weighted by Crippen LogP contribution is -2.49. The molecule has 4 heterocycles. The van der Waals surface area contributed by atoms with Crippen molar-refractivity contribution in [2.45, 2.75) is 51.9 Å². The molecule has 0 aliphatic carbocycles. The van der Waals surface area contributed by atoms with Crippen molar-refractivity contribution < 1.29 is 24.1 Å². The second-order valence-electron chi connectivity index (χ2n) is 11.5. The number of anilines is 1. The van der Waals surface area contributed by atoms with Gasteiger partial charge in [-0.15, -0.1) is 11.3 Å². The highest BCUT2D eigenvalue weighted by molar-refractivity contribution is 7.14. The minimum atomic E-state index is -0.798. The van der Waals surface area contributed by atoms with Gasteiger partial charge in [-0.3, -0.25) is 9.69 Å². The number of methoxy groups -OCH3 is 1. The fourth-order valence-corrected chi connectivity index (χ4v) is 7.27. The summed E-state index contributed by atoms with van der Waals surface area (Å²) in [6, 6.07) is 11.4. The van der Waals surface area contributed by atoms with E-state index in [1.807, 2.05) is 6.07 Å². The zero-order valence-corrected chi connectivity index (χ0v) is 24.9. The molecule has 41 heavy (non-hydrogen) atoms. The number of benzene rings is 2. The number of aryl methyl sites for hydroxylation is 2. The van der Waals surface area contributed by atoms with Crippen LogP contribution in [0.4, 0.5) is 5.13 Å². The Hall–Kier alpha value is -2.98. The van der Waals surface area contributed by atoms with Crippen molar-refractivity contribution in [2.75, 3.05) is 51.4 Å². The molecule has 1 aromatic heterocycles. The van der Waals surface area contributed by atoms with Crippen LogP contribution in [0, 0.1) is 19.8 Å². The highest BCUT2D eigenvalue weighted by Gasteiger charge is 2.35. The molecule has 2 aromatic carbocycles. The van der Waals surface area contributed by atoms with Crippen molar-refractivity contribution in [3.63, 3.8) is 0 Å². The van der Waals surface area contributed by atoms with Crippen LogP contribution >= 0.6 is 11.3 Å². The first-order valence-corrected chi connectivity index (χ1v) is 15.4. The summed E-state index contributed by atoms with van der Waals surface area (Å²) < 4.78 is 17.5. The van der Waals surface area contributed by atoms with Gasteiger partial charge < -0.3 is 24.2 Å². The van der Waals surface area contributed by atoms with Gasteiger partial charge >= 0.3 is 5.97 Å². The second kappa shape index (κ2) is 12.1. The van der Waals surface area contributed by atoms with Crippen LogP contribution < -0.4 is 9.64 Å². The van der Waals surface area contributed by atoms with E-state index in [1.165, 1.54) is 22.3 Å². The normalized spacial score (nSPS) is 21.7. The molecule has 2 saturated heterocycles. The predicted octanol–water partition coefficient (Wildman–Crippen LogP) is 4.73. The summed E-state index contributed by atoms with van der Waals surface area (Å²) in [7, 11) is 1.58. The average molecular weight is 578 g/mol. The summed E-state index contributed by atoms with van der Waals surface area (Å²) in [5.41, 5.74) is 8.40. The Kier molecular flexibility index (Phi) is 8.30. The van der Waals surface area contributed by atoms with Gasteiger partial charge in [0.15, 0.2) is 5.13 Å². The maximum absolute atomic E-state index is 11.6. The molecule has 0 amide bonds. The molecule has 2 atom stereocenters. The fourth-order valence-electron chi connectivity index (χ4n) is 6.41. The lowest BCUT2D eigenvalue weighted by molar-refractivity contribution is -0.147. The molecule has 0 spiro atoms. The summed E-state index contributed by atoms with van der Waals surface area (Å²) in [4.78, 5) is 21.3. The third-order valence-electron chi connectivity index (χ3n) is 8.89. The summed E-state index contributed by atoms with van der Waals surface area (Å²) in [6.07, 6.45) is 2.33. The number of thiazole rings is 1. The van der Waals surface area contributed by atoms with Gasteiger partial charge in [-0.2, -0.15) is 0 Å². The van der Waals surface area contributed by atoms with Gasteiger partial charge in [0.25, 0.3) is 0 Å². The topological polar surface area (TPSA) is 84.4 Å². The van der Waals surface area contributed by atoms with Gasteiger partial charge in [-0.05, 0) is 67.0 Å². The first-order valence-electron chi connectivity index (χ1n) is 14.5. The standard InChI is InChI=1S/C32H39N3O5S/c1-20-5-4-6-26(28-19-41-32(33-28)35-12-9-27(31(36)37)29(15-35)38-3)30(20)40-16-22-13-21(2)25-8-11-34(24-17-39-18-24)10-7-23(25)14-22/h4-6,13-14,19,24,27,29H,7-12,15-18H2,1-3H3,(H,36,37)/t27-,29+/m1/s1. The van der Waals surface area contributed by atoms with E-state index in [0.29, 0.717) is 32.2 Å². The Morgan fingerprint density at radius 3 is 2.73 bits per heavy atom. The summed E-state index contributed by atoms with van der Waals surface area (Å²) in [5, 5.41) is 12.5. The van der Waals surface area contributed by atoms with Crippen LogP contribution in [0.5, 0.6) is 5.75 Å². The van der Waals surface area contributed by atoms with E-state index >= 15 is 0 Å². The van der Waals surface area contributed by atoms with Crippen molar-refractivity contribution in [2.24, 2.45) is 5.92 Å². The van der Waals surface area contributed by atoms with Crippen LogP contribution in [0.2, 0.25) is 0 Å². The number of ether oxygens (including phenoxy) is 3. The van der Waals surface area contributed by atoms with Crippen molar-refractivity contribution in [3.05, 3.63) is 63.5 Å². The van der Waals surface area contributed by atoms with E-state index in [0.717, 1.165) is 66.8 Å². The number of aliphatic carboxylic acids is 1. The number of hydrogen-bond donors (Lipinski definition) is 1. The van der Waals surface area contributed by atoms with Gasteiger partial charge in [-0.1, -0.05) is 24.3 Å². The number of carboxylic acid groups (broad SMARTS) is 1. The Balaban J connectivity index is 1.17. The molecular weight excluding hydrogens is 538 g/mol. The molecule has 0 unspecified atom stereocenters. The van der Waals surface area contributed by atoms with Crippen molar-refractivity contribution >= 4 is 22.4 Å². The minimum Gasteiger partial charge on any atom is -0.488 e. The van der Waals surface area contributed by atoms with E-state index in [1.54, 1.807) is 18.4 Å². The van der Waals surface area contributed by atoms with Crippen molar-refractivity contribution in [1.29, 1.82) is 0 Å². The fraction of sp³-hybridized carbons (Fsp3) is 0.500. The SMILES string of the molecule is CO[C@H]1CN(c2nc(-c3cccc(C)c3OCc3cc(C)c4c(c3)CCN(C3COC3)CC4)cs2)CC[C@H]1C(=O)O. The molecule has 2 fully saturated rings. The lowest BCUT2D eigenvalue weighted by Gasteiger charge is -2.36. The molecule has 9 heteroatoms. The Labute approximate surface area is 245 Å². The zero-order chi connectivity index (χ0) is 28.5. The molecule has 3 aliphatic heterocycles. The third kappa shape index (κ3) is 5.86. The third-order valence-corrected chi connectivity index (χ3v) is 9.79. The van der Waals surface area contributed by atoms with E-state index in [-0.39, 0.29) is 6.10 Å². The zero-order valence-electron chi connectivity index (χ0n) is 24.1. The maximum atomic E-state index is 11.6. The molecule has 3 aromatic rings. The van der Waals surface area contributed by atoms with Crippen LogP contribution in [0.3, 0.4) is 0 Å². The van der Waals surface area contributed by atoms with Crippen LogP contribution in [0.15, 0.2) is 35.7 Å². The van der Waals surface area contributed by atoms with E-state index in [2.05, 4.69) is 53.3 Å². The second-order valence-corrected chi connectivity index (χ2v) is 12.3. The van der Waals surface area contributed by atoms with E-state index in [9.17, 15) is 9.90 Å². The number of hydrogen-bond acceptors (Lipinski definition) is 8. The summed E-state index contributed by atoms with van der Waals surface area (Å²) >= 11 is 1.57. The number of carbonyl (C=O) groups is 1. The summed E-state index contributed by atoms with van der Waals surface area (Å²) in [5.74, 6) is -0.430. The van der Waals surface area contributed by atoms with Gasteiger partial charge in [0.05, 0.1) is 37.0 Å². The quantitative estimate of drug-likeness (QED) is 0.412. The van der Waals surface area contributed by atoms with Crippen LogP contribution in [-0.4, -0.2) is 79.6 Å². The largest absolute Gasteiger partial charge is 0.488 e.